The van der Waals surface area contributed by atoms with E-state index in [2.05, 4.69) is 4.99 Å². The van der Waals surface area contributed by atoms with Gasteiger partial charge < -0.3 is 4.42 Å². The van der Waals surface area contributed by atoms with Gasteiger partial charge in [-0.1, -0.05) is 29.8 Å². The Bertz CT molecular complexity index is 959. The Balaban J connectivity index is 1.83. The molecular weight excluding hydrogens is 336 g/mol. The molecular formula is C20H13ClN2O2. The molecule has 0 radical (unpaired) electrons. The number of para-hydroxylation sites is 1. The molecule has 122 valence electrons. The molecule has 4 rings (SSSR count). The number of nitrogens with zero attached hydrogens (tertiary/aromatic N) is 2. The lowest BCUT2D eigenvalue weighted by atomic mass is 10.2. The minimum absolute atomic E-state index is 0.201. The number of anilines is 1. The molecule has 25 heavy (non-hydrogen) atoms. The summed E-state index contributed by atoms with van der Waals surface area (Å²) >= 11 is 5.98. The molecule has 0 N–H and O–H groups in total. The van der Waals surface area contributed by atoms with Crippen molar-refractivity contribution in [1.29, 1.82) is 0 Å². The summed E-state index contributed by atoms with van der Waals surface area (Å²) in [6, 6.07) is 20.2. The van der Waals surface area contributed by atoms with Crippen LogP contribution >= 0.6 is 11.6 Å². The Morgan fingerprint density at radius 3 is 2.40 bits per heavy atom. The number of halogens is 1. The van der Waals surface area contributed by atoms with Crippen molar-refractivity contribution in [2.45, 2.75) is 0 Å². The van der Waals surface area contributed by atoms with E-state index in [-0.39, 0.29) is 5.91 Å². The fourth-order valence-electron chi connectivity index (χ4n) is 2.63. The zero-order valence-corrected chi connectivity index (χ0v) is 13.9. The van der Waals surface area contributed by atoms with Crippen LogP contribution in [0.15, 0.2) is 88.1 Å². The van der Waals surface area contributed by atoms with Crippen LogP contribution in [0.1, 0.15) is 11.3 Å². The number of benzene rings is 2. The number of hydrogen-bond acceptors (Lipinski definition) is 3. The highest BCUT2D eigenvalue weighted by Gasteiger charge is 2.32. The van der Waals surface area contributed by atoms with E-state index < -0.39 is 0 Å². The molecule has 2 aromatic carbocycles. The molecule has 1 aliphatic rings. The lowest BCUT2D eigenvalue weighted by Gasteiger charge is -2.18. The fraction of sp³-hybridized carbons (Fsp3) is 0. The van der Waals surface area contributed by atoms with Crippen LogP contribution in [-0.4, -0.2) is 11.7 Å². The Morgan fingerprint density at radius 2 is 1.72 bits per heavy atom. The summed E-state index contributed by atoms with van der Waals surface area (Å²) in [6.45, 7) is 0. The standard InChI is InChI=1S/C20H13ClN2O2/c21-15-10-8-14(9-11-15)19-22-18(13-17-7-4-12-25-17)20(24)23(19)16-5-2-1-3-6-16/h1-13H/b18-13+. The maximum atomic E-state index is 13.0. The topological polar surface area (TPSA) is 45.8 Å². The van der Waals surface area contributed by atoms with Crippen LogP contribution in [0.2, 0.25) is 5.02 Å². The maximum Gasteiger partial charge on any atom is 0.282 e. The van der Waals surface area contributed by atoms with Crippen molar-refractivity contribution in [3.63, 3.8) is 0 Å². The van der Waals surface area contributed by atoms with Gasteiger partial charge in [0.05, 0.1) is 12.0 Å². The van der Waals surface area contributed by atoms with E-state index in [0.717, 1.165) is 11.3 Å². The summed E-state index contributed by atoms with van der Waals surface area (Å²) in [5.74, 6) is 0.940. The number of furan rings is 1. The molecule has 4 nitrogen and oxygen atoms in total. The van der Waals surface area contributed by atoms with Gasteiger partial charge in [-0.2, -0.15) is 0 Å². The molecule has 0 spiro atoms. The average molecular weight is 349 g/mol. The third-order valence-corrected chi connectivity index (χ3v) is 4.05. The van der Waals surface area contributed by atoms with E-state index in [1.807, 2.05) is 42.5 Å². The van der Waals surface area contributed by atoms with Crippen molar-refractivity contribution < 1.29 is 9.21 Å². The summed E-state index contributed by atoms with van der Waals surface area (Å²) < 4.78 is 5.31. The van der Waals surface area contributed by atoms with E-state index in [0.29, 0.717) is 22.3 Å². The molecule has 0 saturated carbocycles. The number of aliphatic imine (C=N–C) groups is 1. The fourth-order valence-corrected chi connectivity index (χ4v) is 2.76. The summed E-state index contributed by atoms with van der Waals surface area (Å²) in [6.07, 6.45) is 3.20. The second-order valence-electron chi connectivity index (χ2n) is 5.46. The average Bonchev–Trinajstić information content (AvgIpc) is 3.25. The van der Waals surface area contributed by atoms with Crippen LogP contribution in [0.25, 0.3) is 6.08 Å². The van der Waals surface area contributed by atoms with Gasteiger partial charge in [-0.05, 0) is 48.5 Å². The molecule has 0 atom stereocenters. The van der Waals surface area contributed by atoms with E-state index in [1.54, 1.807) is 41.5 Å². The molecule has 0 bridgehead atoms. The Labute approximate surface area is 149 Å². The Morgan fingerprint density at radius 1 is 0.960 bits per heavy atom. The summed E-state index contributed by atoms with van der Waals surface area (Å²) in [5, 5.41) is 0.631. The second kappa shape index (κ2) is 6.42. The van der Waals surface area contributed by atoms with Crippen LogP contribution in [0.5, 0.6) is 0 Å². The lowest BCUT2D eigenvalue weighted by molar-refractivity contribution is -0.113. The Hall–Kier alpha value is -3.11. The van der Waals surface area contributed by atoms with E-state index >= 15 is 0 Å². The SMILES string of the molecule is O=C1/C(=C\c2ccco2)N=C(c2ccc(Cl)cc2)N1c1ccccc1. The predicted molar refractivity (Wildman–Crippen MR) is 98.6 cm³/mol. The monoisotopic (exact) mass is 348 g/mol. The van der Waals surface area contributed by atoms with Crippen molar-refractivity contribution >= 4 is 35.1 Å². The summed E-state index contributed by atoms with van der Waals surface area (Å²) in [7, 11) is 0. The van der Waals surface area contributed by atoms with Gasteiger partial charge in [0.15, 0.2) is 0 Å². The van der Waals surface area contributed by atoms with Crippen molar-refractivity contribution in [3.05, 3.63) is 95.0 Å². The first kappa shape index (κ1) is 15.4. The lowest BCUT2D eigenvalue weighted by Crippen LogP contribution is -2.32. The molecule has 3 aromatic rings. The Kier molecular flexibility index (Phi) is 3.96. The molecule has 0 fully saturated rings. The number of hydrogen-bond donors (Lipinski definition) is 0. The number of rotatable bonds is 3. The molecule has 1 aromatic heterocycles. The highest BCUT2D eigenvalue weighted by atomic mass is 35.5. The van der Waals surface area contributed by atoms with Crippen LogP contribution in [0.4, 0.5) is 5.69 Å². The van der Waals surface area contributed by atoms with Crippen molar-refractivity contribution in [2.75, 3.05) is 4.90 Å². The van der Waals surface area contributed by atoms with Gasteiger partial charge in [-0.25, -0.2) is 4.99 Å². The van der Waals surface area contributed by atoms with Crippen LogP contribution in [0.3, 0.4) is 0 Å². The smallest absolute Gasteiger partial charge is 0.282 e. The third kappa shape index (κ3) is 2.99. The zero-order valence-electron chi connectivity index (χ0n) is 13.1. The summed E-state index contributed by atoms with van der Waals surface area (Å²) in [4.78, 5) is 19.1. The number of carbonyl (C=O) groups is 1. The first-order valence-electron chi connectivity index (χ1n) is 7.72. The largest absolute Gasteiger partial charge is 0.465 e. The minimum atomic E-state index is -0.201. The van der Waals surface area contributed by atoms with Crippen LogP contribution in [-0.2, 0) is 4.79 Å². The van der Waals surface area contributed by atoms with E-state index in [1.165, 1.54) is 0 Å². The van der Waals surface area contributed by atoms with E-state index in [9.17, 15) is 4.79 Å². The molecule has 0 aliphatic carbocycles. The predicted octanol–water partition coefficient (Wildman–Crippen LogP) is 4.77. The van der Waals surface area contributed by atoms with Gasteiger partial charge in [0, 0.05) is 16.7 Å². The van der Waals surface area contributed by atoms with Gasteiger partial charge in [-0.15, -0.1) is 0 Å². The molecule has 5 heteroatoms. The highest BCUT2D eigenvalue weighted by molar-refractivity contribution is 6.34. The molecule has 1 amide bonds. The van der Waals surface area contributed by atoms with Gasteiger partial charge in [0.25, 0.3) is 5.91 Å². The molecule has 1 aliphatic heterocycles. The van der Waals surface area contributed by atoms with E-state index in [4.69, 9.17) is 16.0 Å². The highest BCUT2D eigenvalue weighted by Crippen LogP contribution is 2.28. The molecule has 0 unspecified atom stereocenters. The van der Waals surface area contributed by atoms with Crippen molar-refractivity contribution in [1.82, 2.24) is 0 Å². The number of amides is 1. The quantitative estimate of drug-likeness (QED) is 0.640. The zero-order chi connectivity index (χ0) is 17.2. The first-order chi connectivity index (χ1) is 12.2. The number of carbonyl (C=O) groups excluding carboxylic acids is 1. The number of amidine groups is 1. The molecule has 2 heterocycles. The van der Waals surface area contributed by atoms with Crippen LogP contribution < -0.4 is 4.90 Å². The van der Waals surface area contributed by atoms with Crippen molar-refractivity contribution in [3.8, 4) is 0 Å². The summed E-state index contributed by atoms with van der Waals surface area (Å²) in [5.41, 5.74) is 1.89. The van der Waals surface area contributed by atoms with Gasteiger partial charge >= 0.3 is 0 Å². The maximum absolute atomic E-state index is 13.0. The normalized spacial score (nSPS) is 15.7. The van der Waals surface area contributed by atoms with Gasteiger partial charge in [-0.3, -0.25) is 9.69 Å². The third-order valence-electron chi connectivity index (χ3n) is 3.80. The van der Waals surface area contributed by atoms with Gasteiger partial charge in [0.2, 0.25) is 0 Å². The minimum Gasteiger partial charge on any atom is -0.465 e. The molecule has 0 saturated heterocycles. The second-order valence-corrected chi connectivity index (χ2v) is 5.90. The van der Waals surface area contributed by atoms with Crippen molar-refractivity contribution in [2.24, 2.45) is 4.99 Å². The van der Waals surface area contributed by atoms with Crippen LogP contribution in [0, 0.1) is 0 Å². The van der Waals surface area contributed by atoms with Gasteiger partial charge in [0.1, 0.15) is 17.3 Å². The first-order valence-corrected chi connectivity index (χ1v) is 8.09.